The van der Waals surface area contributed by atoms with E-state index in [1.54, 1.807) is 11.8 Å². The van der Waals surface area contributed by atoms with Crippen LogP contribution in [-0.2, 0) is 4.79 Å². The monoisotopic (exact) mass is 230 g/mol. The number of rotatable bonds is 0. The van der Waals surface area contributed by atoms with E-state index in [2.05, 4.69) is 0 Å². The second-order valence-electron chi connectivity index (χ2n) is 3.85. The van der Waals surface area contributed by atoms with Gasteiger partial charge in [-0.15, -0.1) is 0 Å². The molecule has 0 amide bonds. The van der Waals surface area contributed by atoms with E-state index in [-0.39, 0.29) is 5.78 Å². The minimum Gasteiger partial charge on any atom is -0.383 e. The number of aliphatic hydroxyl groups is 1. The molecule has 1 aliphatic heterocycles. The normalized spacial score (nSPS) is 23.1. The molecule has 0 saturated carbocycles. The molecule has 1 aromatic rings. The van der Waals surface area contributed by atoms with Crippen molar-refractivity contribution < 1.29 is 9.90 Å². The lowest BCUT2D eigenvalue weighted by Gasteiger charge is -2.26. The Bertz CT molecular complexity index is 528. The average Bonchev–Trinajstić information content (AvgIpc) is 2.29. The molecule has 0 fully saturated rings. The summed E-state index contributed by atoms with van der Waals surface area (Å²) in [7, 11) is 0. The number of Topliss-reactive ketones (excluding diaryl/α,β-unsaturated/α-hetero) is 1. The van der Waals surface area contributed by atoms with Gasteiger partial charge in [0.25, 0.3) is 0 Å². The summed E-state index contributed by atoms with van der Waals surface area (Å²) in [5.41, 5.74) is 1.40. The zero-order valence-electron chi connectivity index (χ0n) is 8.51. The number of thioether (sulfide) groups is 1. The van der Waals surface area contributed by atoms with Crippen LogP contribution in [0.4, 0.5) is 0 Å². The number of ketones is 1. The second kappa shape index (κ2) is 3.61. The zero-order valence-corrected chi connectivity index (χ0v) is 9.33. The van der Waals surface area contributed by atoms with E-state index in [0.29, 0.717) is 12.0 Å². The molecule has 0 bridgehead atoms. The van der Waals surface area contributed by atoms with Gasteiger partial charge < -0.3 is 5.11 Å². The topological polar surface area (TPSA) is 37.3 Å². The molecule has 2 nitrogen and oxygen atoms in total. The van der Waals surface area contributed by atoms with Crippen molar-refractivity contribution in [2.24, 2.45) is 0 Å². The fourth-order valence-corrected chi connectivity index (χ4v) is 3.24. The maximum Gasteiger partial charge on any atom is 0.166 e. The minimum atomic E-state index is -0.759. The Morgan fingerprint density at radius 3 is 3.00 bits per heavy atom. The molecule has 3 rings (SSSR count). The standard InChI is InChI=1S/C13H10O2S/c14-9-5-3-7-11-12(9)13(15)8-4-1-2-6-10(8)16-11/h1-4,6-7,13,15H,5H2. The Morgan fingerprint density at radius 1 is 1.31 bits per heavy atom. The predicted molar refractivity (Wildman–Crippen MR) is 63.0 cm³/mol. The van der Waals surface area contributed by atoms with Crippen molar-refractivity contribution in [1.82, 2.24) is 0 Å². The molecule has 1 N–H and O–H groups in total. The quantitative estimate of drug-likeness (QED) is 0.744. The lowest BCUT2D eigenvalue weighted by Crippen LogP contribution is -2.18. The first-order chi connectivity index (χ1) is 7.77. The van der Waals surface area contributed by atoms with Crippen LogP contribution in [0.5, 0.6) is 0 Å². The van der Waals surface area contributed by atoms with Crippen molar-refractivity contribution in [3.63, 3.8) is 0 Å². The van der Waals surface area contributed by atoms with Crippen LogP contribution in [-0.4, -0.2) is 10.9 Å². The summed E-state index contributed by atoms with van der Waals surface area (Å²) in [6.07, 6.45) is 3.43. The average molecular weight is 230 g/mol. The molecule has 1 aliphatic carbocycles. The number of fused-ring (bicyclic) bond motifs is 1. The van der Waals surface area contributed by atoms with Crippen LogP contribution in [0.15, 0.2) is 51.8 Å². The molecular weight excluding hydrogens is 220 g/mol. The molecule has 3 heteroatoms. The first kappa shape index (κ1) is 9.87. The van der Waals surface area contributed by atoms with E-state index in [4.69, 9.17) is 0 Å². The summed E-state index contributed by atoms with van der Waals surface area (Å²) in [5.74, 6) is 0.0343. The van der Waals surface area contributed by atoms with Crippen LogP contribution in [0.2, 0.25) is 0 Å². The summed E-state index contributed by atoms with van der Waals surface area (Å²) in [4.78, 5) is 13.7. The Hall–Kier alpha value is -1.32. The van der Waals surface area contributed by atoms with Gasteiger partial charge in [-0.25, -0.2) is 0 Å². The molecule has 1 atom stereocenters. The number of hydrogen-bond acceptors (Lipinski definition) is 3. The maximum absolute atomic E-state index is 11.8. The molecule has 80 valence electrons. The lowest BCUT2D eigenvalue weighted by atomic mass is 9.93. The third-order valence-electron chi connectivity index (χ3n) is 2.85. The van der Waals surface area contributed by atoms with E-state index >= 15 is 0 Å². The van der Waals surface area contributed by atoms with Crippen molar-refractivity contribution >= 4 is 17.5 Å². The summed E-state index contributed by atoms with van der Waals surface area (Å²) in [6.45, 7) is 0. The molecule has 0 saturated heterocycles. The number of benzene rings is 1. The van der Waals surface area contributed by atoms with E-state index < -0.39 is 6.10 Å². The molecule has 16 heavy (non-hydrogen) atoms. The minimum absolute atomic E-state index is 0.0343. The lowest BCUT2D eigenvalue weighted by molar-refractivity contribution is -0.115. The van der Waals surface area contributed by atoms with Crippen molar-refractivity contribution in [2.45, 2.75) is 17.4 Å². The van der Waals surface area contributed by atoms with Gasteiger partial charge in [0.2, 0.25) is 0 Å². The number of aliphatic hydroxyl groups excluding tert-OH is 1. The third kappa shape index (κ3) is 1.36. The van der Waals surface area contributed by atoms with Gasteiger partial charge >= 0.3 is 0 Å². The summed E-state index contributed by atoms with van der Waals surface area (Å²) >= 11 is 1.56. The van der Waals surface area contributed by atoms with Gasteiger partial charge in [-0.3, -0.25) is 4.79 Å². The Balaban J connectivity index is 2.16. The SMILES string of the molecule is O=C1CC=CC2=C1C(O)c1ccccc1S2. The number of hydrogen-bond donors (Lipinski definition) is 1. The molecular formula is C13H10O2S. The molecule has 1 aromatic carbocycles. The van der Waals surface area contributed by atoms with Gasteiger partial charge in [-0.1, -0.05) is 42.1 Å². The first-order valence-corrected chi connectivity index (χ1v) is 5.98. The zero-order chi connectivity index (χ0) is 11.1. The van der Waals surface area contributed by atoms with Gasteiger partial charge in [-0.05, 0) is 11.6 Å². The van der Waals surface area contributed by atoms with Crippen LogP contribution in [0.3, 0.4) is 0 Å². The van der Waals surface area contributed by atoms with Gasteiger partial charge in [0, 0.05) is 21.8 Å². The highest BCUT2D eigenvalue weighted by atomic mass is 32.2. The van der Waals surface area contributed by atoms with Crippen LogP contribution < -0.4 is 0 Å². The van der Waals surface area contributed by atoms with Crippen molar-refractivity contribution in [3.05, 3.63) is 52.5 Å². The summed E-state index contributed by atoms with van der Waals surface area (Å²) in [6, 6.07) is 7.68. The summed E-state index contributed by atoms with van der Waals surface area (Å²) < 4.78 is 0. The Kier molecular flexibility index (Phi) is 2.23. The van der Waals surface area contributed by atoms with Crippen LogP contribution in [0.1, 0.15) is 18.1 Å². The van der Waals surface area contributed by atoms with E-state index in [1.807, 2.05) is 36.4 Å². The molecule has 0 radical (unpaired) electrons. The van der Waals surface area contributed by atoms with Crippen molar-refractivity contribution in [2.75, 3.05) is 0 Å². The number of allylic oxidation sites excluding steroid dienone is 2. The van der Waals surface area contributed by atoms with Gasteiger partial charge in [0.1, 0.15) is 6.10 Å². The second-order valence-corrected chi connectivity index (χ2v) is 4.93. The van der Waals surface area contributed by atoms with Gasteiger partial charge in [0.15, 0.2) is 5.78 Å². The molecule has 1 unspecified atom stereocenters. The fourth-order valence-electron chi connectivity index (χ4n) is 2.06. The van der Waals surface area contributed by atoms with Gasteiger partial charge in [0.05, 0.1) is 0 Å². The fraction of sp³-hybridized carbons (Fsp3) is 0.154. The smallest absolute Gasteiger partial charge is 0.166 e. The first-order valence-electron chi connectivity index (χ1n) is 5.16. The maximum atomic E-state index is 11.8. The van der Waals surface area contributed by atoms with E-state index in [9.17, 15) is 9.90 Å². The highest BCUT2D eigenvalue weighted by Crippen LogP contribution is 2.45. The number of carbonyl (C=O) groups excluding carboxylic acids is 1. The highest BCUT2D eigenvalue weighted by molar-refractivity contribution is 8.03. The largest absolute Gasteiger partial charge is 0.383 e. The molecule has 1 heterocycles. The van der Waals surface area contributed by atoms with Crippen molar-refractivity contribution in [3.8, 4) is 0 Å². The summed E-state index contributed by atoms with van der Waals surface area (Å²) in [5, 5.41) is 10.2. The van der Waals surface area contributed by atoms with Crippen LogP contribution in [0, 0.1) is 0 Å². The van der Waals surface area contributed by atoms with Crippen molar-refractivity contribution in [1.29, 1.82) is 0 Å². The predicted octanol–water partition coefficient (Wildman–Crippen LogP) is 2.61. The highest BCUT2D eigenvalue weighted by Gasteiger charge is 2.31. The third-order valence-corrected chi connectivity index (χ3v) is 4.01. The Morgan fingerprint density at radius 2 is 2.12 bits per heavy atom. The van der Waals surface area contributed by atoms with Crippen LogP contribution in [0.25, 0.3) is 0 Å². The molecule has 0 aromatic heterocycles. The number of carbonyl (C=O) groups is 1. The molecule has 0 spiro atoms. The Labute approximate surface area is 97.7 Å². The van der Waals surface area contributed by atoms with Gasteiger partial charge in [-0.2, -0.15) is 0 Å². The molecule has 2 aliphatic rings. The van der Waals surface area contributed by atoms with E-state index in [0.717, 1.165) is 15.4 Å². The van der Waals surface area contributed by atoms with E-state index in [1.165, 1.54) is 0 Å². The van der Waals surface area contributed by atoms with Crippen LogP contribution >= 0.6 is 11.8 Å².